The number of hydrogen-bond donors (Lipinski definition) is 0. The SMILES string of the molecule is COc1cccc(-n2ccnn2)c1. The van der Waals surface area contributed by atoms with Crippen molar-refractivity contribution >= 4 is 0 Å². The topological polar surface area (TPSA) is 39.9 Å². The fraction of sp³-hybridized carbons (Fsp3) is 0.111. The normalized spacial score (nSPS) is 9.92. The van der Waals surface area contributed by atoms with E-state index in [1.165, 1.54) is 0 Å². The molecule has 0 saturated heterocycles. The van der Waals surface area contributed by atoms with Gasteiger partial charge in [0.2, 0.25) is 0 Å². The van der Waals surface area contributed by atoms with Gasteiger partial charge in [-0.05, 0) is 12.1 Å². The highest BCUT2D eigenvalue weighted by Crippen LogP contribution is 2.14. The molecule has 2 rings (SSSR count). The summed E-state index contributed by atoms with van der Waals surface area (Å²) in [6.45, 7) is 0. The molecule has 0 N–H and O–H groups in total. The van der Waals surface area contributed by atoms with Gasteiger partial charge >= 0.3 is 0 Å². The van der Waals surface area contributed by atoms with E-state index in [0.717, 1.165) is 11.4 Å². The minimum atomic E-state index is 0.813. The van der Waals surface area contributed by atoms with E-state index >= 15 is 0 Å². The molecule has 1 aromatic carbocycles. The van der Waals surface area contributed by atoms with Crippen molar-refractivity contribution in [3.63, 3.8) is 0 Å². The van der Waals surface area contributed by atoms with Gasteiger partial charge in [0.25, 0.3) is 0 Å². The maximum Gasteiger partial charge on any atom is 0.121 e. The smallest absolute Gasteiger partial charge is 0.121 e. The molecule has 4 heteroatoms. The third-order valence-corrected chi connectivity index (χ3v) is 1.74. The van der Waals surface area contributed by atoms with Gasteiger partial charge in [-0.25, -0.2) is 4.68 Å². The van der Waals surface area contributed by atoms with Crippen LogP contribution in [0.25, 0.3) is 5.69 Å². The number of benzene rings is 1. The summed E-state index contributed by atoms with van der Waals surface area (Å²) in [5.74, 6) is 0.813. The predicted octanol–water partition coefficient (Wildman–Crippen LogP) is 1.28. The number of methoxy groups -OCH3 is 1. The number of ether oxygens (including phenoxy) is 1. The van der Waals surface area contributed by atoms with Crippen LogP contribution in [0.2, 0.25) is 0 Å². The lowest BCUT2D eigenvalue weighted by Crippen LogP contribution is -1.95. The first-order valence-corrected chi connectivity index (χ1v) is 3.91. The van der Waals surface area contributed by atoms with Gasteiger partial charge in [0, 0.05) is 6.07 Å². The largest absolute Gasteiger partial charge is 0.497 e. The van der Waals surface area contributed by atoms with Crippen molar-refractivity contribution in [2.75, 3.05) is 7.11 Å². The van der Waals surface area contributed by atoms with Crippen LogP contribution in [0.15, 0.2) is 36.7 Å². The molecule has 0 amide bonds. The summed E-state index contributed by atoms with van der Waals surface area (Å²) in [5, 5.41) is 7.60. The van der Waals surface area contributed by atoms with Crippen molar-refractivity contribution in [2.24, 2.45) is 0 Å². The highest BCUT2D eigenvalue weighted by atomic mass is 16.5. The van der Waals surface area contributed by atoms with Crippen LogP contribution in [0.1, 0.15) is 0 Å². The fourth-order valence-electron chi connectivity index (χ4n) is 1.10. The molecule has 1 aromatic heterocycles. The van der Waals surface area contributed by atoms with Gasteiger partial charge in [-0.3, -0.25) is 0 Å². The lowest BCUT2D eigenvalue weighted by Gasteiger charge is -2.02. The summed E-state index contributed by atoms with van der Waals surface area (Å²) < 4.78 is 6.77. The van der Waals surface area contributed by atoms with Gasteiger partial charge in [-0.2, -0.15) is 0 Å². The molecule has 0 bridgehead atoms. The zero-order valence-corrected chi connectivity index (χ0v) is 7.21. The summed E-state index contributed by atoms with van der Waals surface area (Å²) in [5.41, 5.74) is 0.942. The molecule has 0 atom stereocenters. The molecule has 0 aliphatic carbocycles. The molecular formula is C9H9N3O. The summed E-state index contributed by atoms with van der Waals surface area (Å²) >= 11 is 0. The van der Waals surface area contributed by atoms with Crippen molar-refractivity contribution < 1.29 is 4.74 Å². The Labute approximate surface area is 75.8 Å². The van der Waals surface area contributed by atoms with Gasteiger partial charge in [0.05, 0.1) is 25.2 Å². The van der Waals surface area contributed by atoms with Crippen LogP contribution in [0.3, 0.4) is 0 Å². The number of aromatic nitrogens is 3. The summed E-state index contributed by atoms with van der Waals surface area (Å²) in [6.07, 6.45) is 3.42. The quantitative estimate of drug-likeness (QED) is 0.690. The first-order chi connectivity index (χ1) is 6.40. The molecule has 0 fully saturated rings. The fourth-order valence-corrected chi connectivity index (χ4v) is 1.10. The molecule has 0 aliphatic heterocycles. The Morgan fingerprint density at radius 1 is 1.38 bits per heavy atom. The molecule has 2 aromatic rings. The minimum absolute atomic E-state index is 0.813. The molecule has 4 nitrogen and oxygen atoms in total. The number of hydrogen-bond acceptors (Lipinski definition) is 3. The van der Waals surface area contributed by atoms with Gasteiger partial charge in [0.1, 0.15) is 5.75 Å². The van der Waals surface area contributed by atoms with E-state index in [2.05, 4.69) is 10.3 Å². The van der Waals surface area contributed by atoms with E-state index in [-0.39, 0.29) is 0 Å². The zero-order valence-electron chi connectivity index (χ0n) is 7.21. The molecule has 0 spiro atoms. The molecular weight excluding hydrogens is 166 g/mol. The molecule has 13 heavy (non-hydrogen) atoms. The second kappa shape index (κ2) is 3.26. The first kappa shape index (κ1) is 7.79. The van der Waals surface area contributed by atoms with E-state index in [9.17, 15) is 0 Å². The van der Waals surface area contributed by atoms with Gasteiger partial charge < -0.3 is 4.74 Å². The molecule has 0 unspecified atom stereocenters. The van der Waals surface area contributed by atoms with Crippen molar-refractivity contribution in [1.82, 2.24) is 15.0 Å². The van der Waals surface area contributed by atoms with Crippen molar-refractivity contribution in [1.29, 1.82) is 0 Å². The maximum absolute atomic E-state index is 5.09. The Morgan fingerprint density at radius 2 is 2.31 bits per heavy atom. The summed E-state index contributed by atoms with van der Waals surface area (Å²) in [6, 6.07) is 7.64. The predicted molar refractivity (Wildman–Crippen MR) is 47.9 cm³/mol. The number of rotatable bonds is 2. The average Bonchev–Trinajstić information content (AvgIpc) is 2.71. The van der Waals surface area contributed by atoms with E-state index in [1.807, 2.05) is 24.3 Å². The standard InChI is InChI=1S/C9H9N3O/c1-13-9-4-2-3-8(7-9)12-6-5-10-11-12/h2-7H,1H3. The summed E-state index contributed by atoms with van der Waals surface area (Å²) in [7, 11) is 1.64. The Balaban J connectivity index is 2.41. The second-order valence-corrected chi connectivity index (χ2v) is 2.55. The van der Waals surface area contributed by atoms with Crippen LogP contribution >= 0.6 is 0 Å². The van der Waals surface area contributed by atoms with E-state index < -0.39 is 0 Å². The maximum atomic E-state index is 5.09. The van der Waals surface area contributed by atoms with Crippen LogP contribution in [0.4, 0.5) is 0 Å². The Kier molecular flexibility index (Phi) is 1.96. The highest BCUT2D eigenvalue weighted by molar-refractivity contribution is 5.38. The molecule has 0 radical (unpaired) electrons. The van der Waals surface area contributed by atoms with E-state index in [4.69, 9.17) is 4.74 Å². The van der Waals surface area contributed by atoms with Crippen molar-refractivity contribution in [3.8, 4) is 11.4 Å². The lowest BCUT2D eigenvalue weighted by atomic mass is 10.3. The molecule has 66 valence electrons. The van der Waals surface area contributed by atoms with Crippen molar-refractivity contribution in [3.05, 3.63) is 36.7 Å². The summed E-state index contributed by atoms with van der Waals surface area (Å²) in [4.78, 5) is 0. The zero-order chi connectivity index (χ0) is 9.10. The lowest BCUT2D eigenvalue weighted by molar-refractivity contribution is 0.414. The van der Waals surface area contributed by atoms with Gasteiger partial charge in [0.15, 0.2) is 0 Å². The molecule has 0 saturated carbocycles. The Morgan fingerprint density at radius 3 is 3.00 bits per heavy atom. The first-order valence-electron chi connectivity index (χ1n) is 3.91. The Bertz CT molecular complexity index is 384. The van der Waals surface area contributed by atoms with E-state index in [0.29, 0.717) is 0 Å². The minimum Gasteiger partial charge on any atom is -0.497 e. The van der Waals surface area contributed by atoms with E-state index in [1.54, 1.807) is 24.2 Å². The van der Waals surface area contributed by atoms with Crippen molar-refractivity contribution in [2.45, 2.75) is 0 Å². The van der Waals surface area contributed by atoms with Crippen LogP contribution in [0, 0.1) is 0 Å². The Hall–Kier alpha value is -1.84. The van der Waals surface area contributed by atoms with Gasteiger partial charge in [-0.15, -0.1) is 5.10 Å². The van der Waals surface area contributed by atoms with Crippen LogP contribution in [0.5, 0.6) is 5.75 Å². The second-order valence-electron chi connectivity index (χ2n) is 2.55. The number of nitrogens with zero attached hydrogens (tertiary/aromatic N) is 3. The third-order valence-electron chi connectivity index (χ3n) is 1.74. The van der Waals surface area contributed by atoms with Crippen LogP contribution < -0.4 is 4.74 Å². The van der Waals surface area contributed by atoms with Gasteiger partial charge in [-0.1, -0.05) is 11.3 Å². The highest BCUT2D eigenvalue weighted by Gasteiger charge is 1.97. The monoisotopic (exact) mass is 175 g/mol. The average molecular weight is 175 g/mol. The third kappa shape index (κ3) is 1.51. The van der Waals surface area contributed by atoms with Crippen LogP contribution in [-0.4, -0.2) is 22.1 Å². The van der Waals surface area contributed by atoms with Crippen LogP contribution in [-0.2, 0) is 0 Å². The molecule has 0 aliphatic rings. The molecule has 1 heterocycles.